The topological polar surface area (TPSA) is 49.4 Å². The Kier molecular flexibility index (Phi) is 7.29. The lowest BCUT2D eigenvalue weighted by molar-refractivity contribution is 0.265. The highest BCUT2D eigenvalue weighted by Crippen LogP contribution is 2.22. The van der Waals surface area contributed by atoms with Gasteiger partial charge < -0.3 is 0 Å². The molecule has 0 aromatic carbocycles. The molecule has 0 aromatic heterocycles. The van der Waals surface area contributed by atoms with Crippen LogP contribution in [0.15, 0.2) is 0 Å². The van der Waals surface area contributed by atoms with E-state index >= 15 is 0 Å². The van der Waals surface area contributed by atoms with Crippen LogP contribution in [-0.4, -0.2) is 36.7 Å². The molecule has 0 spiro atoms. The number of rotatable bonds is 7. The van der Waals surface area contributed by atoms with Gasteiger partial charge >= 0.3 is 0 Å². The minimum atomic E-state index is -3.32. The number of piperidine rings is 1. The lowest BCUT2D eigenvalue weighted by Crippen LogP contribution is -2.49. The number of hydrogen-bond acceptors (Lipinski definition) is 2. The molecule has 1 aliphatic rings. The van der Waals surface area contributed by atoms with Gasteiger partial charge in [-0.3, -0.25) is 0 Å². The lowest BCUT2D eigenvalue weighted by atomic mass is 10.00. The average molecular weight is 355 g/mol. The fourth-order valence-corrected chi connectivity index (χ4v) is 5.29. The van der Waals surface area contributed by atoms with E-state index in [9.17, 15) is 8.42 Å². The minimum Gasteiger partial charge on any atom is -0.201 e. The van der Waals surface area contributed by atoms with Crippen molar-refractivity contribution in [1.29, 1.82) is 0 Å². The summed E-state index contributed by atoms with van der Waals surface area (Å²) in [7, 11) is -3.32. The molecule has 19 heavy (non-hydrogen) atoms. The molecule has 0 aromatic rings. The Balaban J connectivity index is 2.55. The highest BCUT2D eigenvalue weighted by atomic mass is 79.9. The highest BCUT2D eigenvalue weighted by Gasteiger charge is 2.30. The Morgan fingerprint density at radius 3 is 2.47 bits per heavy atom. The van der Waals surface area contributed by atoms with Crippen molar-refractivity contribution in [1.82, 2.24) is 9.03 Å². The summed E-state index contributed by atoms with van der Waals surface area (Å²) >= 11 is 3.61. The summed E-state index contributed by atoms with van der Waals surface area (Å²) in [4.78, 5) is 0.206. The maximum Gasteiger partial charge on any atom is 0.279 e. The summed E-state index contributed by atoms with van der Waals surface area (Å²) in [5.74, 6) is 0.515. The van der Waals surface area contributed by atoms with Crippen LogP contribution in [0.2, 0.25) is 0 Å². The van der Waals surface area contributed by atoms with Crippen LogP contribution in [0.1, 0.15) is 52.9 Å². The van der Waals surface area contributed by atoms with Crippen LogP contribution in [0.3, 0.4) is 0 Å². The van der Waals surface area contributed by atoms with Crippen LogP contribution >= 0.6 is 15.9 Å². The quantitative estimate of drug-likeness (QED) is 0.714. The average Bonchev–Trinajstić information content (AvgIpc) is 2.38. The molecule has 1 fully saturated rings. The van der Waals surface area contributed by atoms with E-state index in [4.69, 9.17) is 0 Å². The first-order chi connectivity index (χ1) is 8.92. The zero-order chi connectivity index (χ0) is 14.5. The smallest absolute Gasteiger partial charge is 0.201 e. The van der Waals surface area contributed by atoms with E-state index in [1.165, 1.54) is 0 Å². The second-order valence-corrected chi connectivity index (χ2v) is 8.29. The molecule has 1 N–H and O–H groups in total. The summed E-state index contributed by atoms with van der Waals surface area (Å²) in [5.41, 5.74) is 0. The molecule has 0 radical (unpaired) electrons. The van der Waals surface area contributed by atoms with Gasteiger partial charge in [0.2, 0.25) is 0 Å². The summed E-state index contributed by atoms with van der Waals surface area (Å²) in [5, 5.41) is 0. The van der Waals surface area contributed by atoms with Crippen molar-refractivity contribution in [3.05, 3.63) is 0 Å². The fourth-order valence-electron chi connectivity index (χ4n) is 2.66. The van der Waals surface area contributed by atoms with Gasteiger partial charge in [0.1, 0.15) is 0 Å². The second kappa shape index (κ2) is 7.96. The van der Waals surface area contributed by atoms with Crippen LogP contribution in [0.5, 0.6) is 0 Å². The monoisotopic (exact) mass is 354 g/mol. The van der Waals surface area contributed by atoms with Crippen LogP contribution < -0.4 is 4.72 Å². The predicted octanol–water partition coefficient (Wildman–Crippen LogP) is 2.89. The largest absolute Gasteiger partial charge is 0.279 e. The van der Waals surface area contributed by atoms with Gasteiger partial charge in [-0.2, -0.15) is 12.7 Å². The van der Waals surface area contributed by atoms with E-state index < -0.39 is 10.2 Å². The maximum absolute atomic E-state index is 12.3. The third kappa shape index (κ3) is 4.99. The first kappa shape index (κ1) is 17.4. The molecule has 0 saturated carbocycles. The van der Waals surface area contributed by atoms with Gasteiger partial charge in [-0.05, 0) is 25.7 Å². The molecular weight excluding hydrogens is 328 g/mol. The Morgan fingerprint density at radius 2 is 1.95 bits per heavy atom. The Hall–Kier alpha value is 0.350. The molecule has 0 amide bonds. The second-order valence-electron chi connectivity index (χ2n) is 5.40. The zero-order valence-electron chi connectivity index (χ0n) is 12.2. The van der Waals surface area contributed by atoms with Crippen LogP contribution in [-0.2, 0) is 10.2 Å². The molecule has 0 bridgehead atoms. The summed E-state index contributed by atoms with van der Waals surface area (Å²) < 4.78 is 29.0. The normalized spacial score (nSPS) is 23.7. The van der Waals surface area contributed by atoms with E-state index in [0.717, 1.165) is 32.1 Å². The van der Waals surface area contributed by atoms with Gasteiger partial charge in [-0.15, -0.1) is 0 Å². The van der Waals surface area contributed by atoms with Gasteiger partial charge in [0.15, 0.2) is 0 Å². The van der Waals surface area contributed by atoms with Gasteiger partial charge in [-0.25, -0.2) is 4.72 Å². The van der Waals surface area contributed by atoms with Gasteiger partial charge in [0.25, 0.3) is 10.2 Å². The van der Waals surface area contributed by atoms with Crippen molar-refractivity contribution >= 4 is 26.1 Å². The lowest BCUT2D eigenvalue weighted by Gasteiger charge is -2.32. The third-order valence-electron chi connectivity index (χ3n) is 4.07. The third-order valence-corrected chi connectivity index (χ3v) is 6.83. The van der Waals surface area contributed by atoms with E-state index in [0.29, 0.717) is 19.0 Å². The highest BCUT2D eigenvalue weighted by molar-refractivity contribution is 9.09. The molecule has 114 valence electrons. The zero-order valence-corrected chi connectivity index (χ0v) is 14.6. The summed E-state index contributed by atoms with van der Waals surface area (Å²) in [6.07, 6.45) is 5.19. The first-order valence-electron chi connectivity index (χ1n) is 7.32. The Bertz CT molecular complexity index is 358. The standard InChI is InChI=1S/C13H27BrN2O2S/c1-4-12(5-2)13(14)10-15-19(17,18)16-9-7-6-8-11(16)3/h11-13,15H,4-10H2,1-3H3. The molecule has 2 atom stereocenters. The van der Waals surface area contributed by atoms with E-state index in [1.807, 2.05) is 6.92 Å². The first-order valence-corrected chi connectivity index (χ1v) is 9.68. The van der Waals surface area contributed by atoms with Crippen molar-refractivity contribution in [2.75, 3.05) is 13.1 Å². The fraction of sp³-hybridized carbons (Fsp3) is 1.00. The molecular formula is C13H27BrN2O2S. The van der Waals surface area contributed by atoms with E-state index in [1.54, 1.807) is 4.31 Å². The summed E-state index contributed by atoms with van der Waals surface area (Å²) in [6.45, 7) is 7.39. The molecule has 1 aliphatic heterocycles. The Labute approximate surface area is 126 Å². The van der Waals surface area contributed by atoms with Crippen molar-refractivity contribution in [2.45, 2.75) is 63.7 Å². The van der Waals surface area contributed by atoms with E-state index in [-0.39, 0.29) is 10.9 Å². The van der Waals surface area contributed by atoms with Gasteiger partial charge in [0, 0.05) is 24.0 Å². The van der Waals surface area contributed by atoms with Crippen molar-refractivity contribution < 1.29 is 8.42 Å². The maximum atomic E-state index is 12.3. The summed E-state index contributed by atoms with van der Waals surface area (Å²) in [6, 6.07) is 0.119. The predicted molar refractivity (Wildman–Crippen MR) is 83.7 cm³/mol. The van der Waals surface area contributed by atoms with E-state index in [2.05, 4.69) is 34.5 Å². The number of hydrogen-bond donors (Lipinski definition) is 1. The number of halogens is 1. The van der Waals surface area contributed by atoms with Crippen LogP contribution in [0.4, 0.5) is 0 Å². The molecule has 1 rings (SSSR count). The molecule has 1 heterocycles. The molecule has 0 aliphatic carbocycles. The van der Waals surface area contributed by atoms with Crippen LogP contribution in [0.25, 0.3) is 0 Å². The SMILES string of the molecule is CCC(CC)C(Br)CNS(=O)(=O)N1CCCCC1C. The number of nitrogens with one attached hydrogen (secondary N) is 1. The van der Waals surface area contributed by atoms with Crippen LogP contribution in [0, 0.1) is 5.92 Å². The molecule has 1 saturated heterocycles. The van der Waals surface area contributed by atoms with Gasteiger partial charge in [0.05, 0.1) is 0 Å². The van der Waals surface area contributed by atoms with Crippen molar-refractivity contribution in [2.24, 2.45) is 5.92 Å². The minimum absolute atomic E-state index is 0.119. The number of alkyl halides is 1. The molecule has 6 heteroatoms. The Morgan fingerprint density at radius 1 is 1.32 bits per heavy atom. The molecule has 2 unspecified atom stereocenters. The molecule has 4 nitrogen and oxygen atoms in total. The van der Waals surface area contributed by atoms with Crippen molar-refractivity contribution in [3.63, 3.8) is 0 Å². The van der Waals surface area contributed by atoms with Gasteiger partial charge in [-0.1, -0.05) is 49.0 Å². The van der Waals surface area contributed by atoms with Crippen molar-refractivity contribution in [3.8, 4) is 0 Å². The number of nitrogens with zero attached hydrogens (tertiary/aromatic N) is 1.